The molecule has 0 saturated carbocycles. The van der Waals surface area contributed by atoms with Gasteiger partial charge < -0.3 is 11.1 Å². The van der Waals surface area contributed by atoms with E-state index in [-0.39, 0.29) is 11.5 Å². The summed E-state index contributed by atoms with van der Waals surface area (Å²) in [5, 5.41) is 2.43. The second-order valence-electron chi connectivity index (χ2n) is 3.39. The number of urea groups is 1. The highest BCUT2D eigenvalue weighted by Crippen LogP contribution is 2.22. The van der Waals surface area contributed by atoms with Crippen molar-refractivity contribution in [3.05, 3.63) is 0 Å². The van der Waals surface area contributed by atoms with Crippen molar-refractivity contribution in [2.45, 2.75) is 18.9 Å². The van der Waals surface area contributed by atoms with E-state index in [0.29, 0.717) is 6.42 Å². The molecule has 12 heavy (non-hydrogen) atoms. The fourth-order valence-corrected chi connectivity index (χ4v) is 3.50. The van der Waals surface area contributed by atoms with Crippen molar-refractivity contribution < 1.29 is 13.2 Å². The first kappa shape index (κ1) is 9.31. The maximum absolute atomic E-state index is 11.0. The molecule has 0 spiro atoms. The Morgan fingerprint density at radius 2 is 2.17 bits per heavy atom. The fourth-order valence-electron chi connectivity index (χ4n) is 1.41. The fraction of sp³-hybridized carbons (Fsp3) is 0.833. The third-order valence-corrected chi connectivity index (χ3v) is 3.83. The molecule has 0 radical (unpaired) electrons. The normalized spacial score (nSPS) is 33.1. The van der Waals surface area contributed by atoms with Crippen molar-refractivity contribution in [1.29, 1.82) is 0 Å². The lowest BCUT2D eigenvalue weighted by atomic mass is 10.0. The van der Waals surface area contributed by atoms with Crippen LogP contribution in [0.2, 0.25) is 0 Å². The molecule has 70 valence electrons. The van der Waals surface area contributed by atoms with Gasteiger partial charge in [-0.05, 0) is 13.3 Å². The van der Waals surface area contributed by atoms with E-state index in [4.69, 9.17) is 5.73 Å². The van der Waals surface area contributed by atoms with Gasteiger partial charge >= 0.3 is 6.03 Å². The van der Waals surface area contributed by atoms with Gasteiger partial charge in [0, 0.05) is 0 Å². The van der Waals surface area contributed by atoms with Gasteiger partial charge in [-0.3, -0.25) is 0 Å². The standard InChI is InChI=1S/C6H12N2O3S/c1-6(8-5(7)9)2-3-12(10,11)4-6/h2-4H2,1H3,(H3,7,8,9)/t6-/m0/s1. The highest BCUT2D eigenvalue weighted by atomic mass is 32.2. The smallest absolute Gasteiger partial charge is 0.312 e. The van der Waals surface area contributed by atoms with Crippen LogP contribution in [-0.2, 0) is 9.84 Å². The Morgan fingerprint density at radius 1 is 1.58 bits per heavy atom. The molecule has 1 aliphatic rings. The molecule has 1 atom stereocenters. The number of carbonyl (C=O) groups excluding carboxylic acids is 1. The van der Waals surface area contributed by atoms with Gasteiger partial charge in [0.25, 0.3) is 0 Å². The number of sulfone groups is 1. The van der Waals surface area contributed by atoms with Crippen LogP contribution in [0.4, 0.5) is 4.79 Å². The third kappa shape index (κ3) is 2.10. The Kier molecular flexibility index (Phi) is 2.03. The molecule has 1 heterocycles. The van der Waals surface area contributed by atoms with E-state index in [2.05, 4.69) is 5.32 Å². The van der Waals surface area contributed by atoms with E-state index in [9.17, 15) is 13.2 Å². The van der Waals surface area contributed by atoms with Gasteiger partial charge in [0.15, 0.2) is 9.84 Å². The first-order valence-electron chi connectivity index (χ1n) is 3.61. The molecule has 1 aliphatic heterocycles. The minimum absolute atomic E-state index is 0.0110. The minimum Gasteiger partial charge on any atom is -0.352 e. The van der Waals surface area contributed by atoms with Gasteiger partial charge in [0.05, 0.1) is 17.0 Å². The maximum Gasteiger partial charge on any atom is 0.312 e. The first-order chi connectivity index (χ1) is 5.33. The quantitative estimate of drug-likeness (QED) is 0.571. The van der Waals surface area contributed by atoms with Crippen LogP contribution in [-0.4, -0.2) is 31.5 Å². The number of primary amides is 1. The molecule has 0 bridgehead atoms. The van der Waals surface area contributed by atoms with Gasteiger partial charge in [0.2, 0.25) is 0 Å². The minimum atomic E-state index is -2.97. The Bertz CT molecular complexity index is 298. The molecule has 0 aromatic carbocycles. The van der Waals surface area contributed by atoms with Gasteiger partial charge in [-0.1, -0.05) is 0 Å². The molecular formula is C6H12N2O3S. The zero-order chi connectivity index (χ0) is 9.41. The molecule has 3 N–H and O–H groups in total. The molecule has 1 rings (SSSR count). The molecule has 2 amide bonds. The number of hydrogen-bond acceptors (Lipinski definition) is 3. The summed E-state index contributed by atoms with van der Waals surface area (Å²) in [6, 6.07) is -0.672. The number of nitrogens with one attached hydrogen (secondary N) is 1. The molecule has 0 unspecified atom stereocenters. The first-order valence-corrected chi connectivity index (χ1v) is 5.43. The van der Waals surface area contributed by atoms with Crippen molar-refractivity contribution in [3.63, 3.8) is 0 Å². The zero-order valence-corrected chi connectivity index (χ0v) is 7.65. The lowest BCUT2D eigenvalue weighted by Gasteiger charge is -2.21. The SMILES string of the molecule is C[C@]1(NC(N)=O)CCS(=O)(=O)C1. The summed E-state index contributed by atoms with van der Waals surface area (Å²) in [6.45, 7) is 1.68. The van der Waals surface area contributed by atoms with Crippen molar-refractivity contribution >= 4 is 15.9 Å². The Morgan fingerprint density at radius 3 is 2.50 bits per heavy atom. The summed E-state index contributed by atoms with van der Waals surface area (Å²) in [5.41, 5.74) is 4.24. The monoisotopic (exact) mass is 192 g/mol. The number of hydrogen-bond donors (Lipinski definition) is 2. The zero-order valence-electron chi connectivity index (χ0n) is 6.83. The topological polar surface area (TPSA) is 89.3 Å². The van der Waals surface area contributed by atoms with E-state index in [1.165, 1.54) is 0 Å². The van der Waals surface area contributed by atoms with E-state index in [1.54, 1.807) is 6.92 Å². The van der Waals surface area contributed by atoms with Crippen LogP contribution in [0.3, 0.4) is 0 Å². The number of amides is 2. The van der Waals surface area contributed by atoms with Crippen molar-refractivity contribution in [2.75, 3.05) is 11.5 Å². The second kappa shape index (κ2) is 2.62. The molecular weight excluding hydrogens is 180 g/mol. The molecule has 0 aromatic heterocycles. The van der Waals surface area contributed by atoms with Crippen LogP contribution >= 0.6 is 0 Å². The Labute approximate surface area is 71.2 Å². The van der Waals surface area contributed by atoms with Crippen LogP contribution < -0.4 is 11.1 Å². The largest absolute Gasteiger partial charge is 0.352 e. The van der Waals surface area contributed by atoms with Gasteiger partial charge in [-0.2, -0.15) is 0 Å². The van der Waals surface area contributed by atoms with Crippen molar-refractivity contribution in [3.8, 4) is 0 Å². The average Bonchev–Trinajstić information content (AvgIpc) is 2.03. The van der Waals surface area contributed by atoms with Crippen molar-refractivity contribution in [2.24, 2.45) is 5.73 Å². The van der Waals surface area contributed by atoms with Crippen LogP contribution in [0.1, 0.15) is 13.3 Å². The van der Waals surface area contributed by atoms with Crippen LogP contribution in [0.25, 0.3) is 0 Å². The van der Waals surface area contributed by atoms with E-state index < -0.39 is 21.4 Å². The molecule has 0 aromatic rings. The Hall–Kier alpha value is -0.780. The van der Waals surface area contributed by atoms with E-state index in [1.807, 2.05) is 0 Å². The summed E-state index contributed by atoms with van der Waals surface area (Å²) in [7, 11) is -2.97. The summed E-state index contributed by atoms with van der Waals surface area (Å²) >= 11 is 0. The number of nitrogens with two attached hydrogens (primary N) is 1. The summed E-state index contributed by atoms with van der Waals surface area (Å²) in [6.07, 6.45) is 0.443. The van der Waals surface area contributed by atoms with Gasteiger partial charge in [-0.15, -0.1) is 0 Å². The molecule has 6 heteroatoms. The van der Waals surface area contributed by atoms with E-state index in [0.717, 1.165) is 0 Å². The lowest BCUT2D eigenvalue weighted by Crippen LogP contribution is -2.49. The number of rotatable bonds is 1. The summed E-state index contributed by atoms with van der Waals surface area (Å²) < 4.78 is 22.1. The van der Waals surface area contributed by atoms with Crippen LogP contribution in [0.15, 0.2) is 0 Å². The highest BCUT2D eigenvalue weighted by Gasteiger charge is 2.38. The third-order valence-electron chi connectivity index (χ3n) is 1.93. The molecule has 0 aliphatic carbocycles. The predicted molar refractivity (Wildman–Crippen MR) is 44.4 cm³/mol. The van der Waals surface area contributed by atoms with Gasteiger partial charge in [0.1, 0.15) is 0 Å². The lowest BCUT2D eigenvalue weighted by molar-refractivity contribution is 0.239. The Balaban J connectivity index is 2.71. The molecule has 5 nitrogen and oxygen atoms in total. The van der Waals surface area contributed by atoms with Gasteiger partial charge in [-0.25, -0.2) is 13.2 Å². The van der Waals surface area contributed by atoms with Crippen molar-refractivity contribution in [1.82, 2.24) is 5.32 Å². The average molecular weight is 192 g/mol. The molecule has 1 fully saturated rings. The number of carbonyl (C=O) groups is 1. The van der Waals surface area contributed by atoms with Crippen LogP contribution in [0.5, 0.6) is 0 Å². The predicted octanol–water partition coefficient (Wildman–Crippen LogP) is -0.768. The summed E-state index contributed by atoms with van der Waals surface area (Å²) in [4.78, 5) is 10.5. The maximum atomic E-state index is 11.0. The van der Waals surface area contributed by atoms with E-state index >= 15 is 0 Å². The van der Waals surface area contributed by atoms with Crippen LogP contribution in [0, 0.1) is 0 Å². The highest BCUT2D eigenvalue weighted by molar-refractivity contribution is 7.91. The second-order valence-corrected chi connectivity index (χ2v) is 5.58. The summed E-state index contributed by atoms with van der Waals surface area (Å²) in [5.74, 6) is 0.118. The molecule has 1 saturated heterocycles.